The van der Waals surface area contributed by atoms with Crippen molar-refractivity contribution < 1.29 is 23.4 Å². The highest BCUT2D eigenvalue weighted by Crippen LogP contribution is 2.26. The van der Waals surface area contributed by atoms with Crippen molar-refractivity contribution in [3.05, 3.63) is 18.2 Å². The Morgan fingerprint density at radius 3 is 2.26 bits per heavy atom. The molecular formula is C11H18N2O5S. The number of rotatable bonds is 7. The van der Waals surface area contributed by atoms with Crippen molar-refractivity contribution in [1.29, 1.82) is 0 Å². The van der Waals surface area contributed by atoms with Gasteiger partial charge in [0.15, 0.2) is 0 Å². The number of benzene rings is 1. The molecule has 0 saturated carbocycles. The summed E-state index contributed by atoms with van der Waals surface area (Å²) in [6.45, 7) is -0.834. The number of aliphatic hydroxyl groups excluding tert-OH is 2. The van der Waals surface area contributed by atoms with Gasteiger partial charge in [-0.1, -0.05) is 0 Å². The molecule has 108 valence electrons. The van der Waals surface area contributed by atoms with E-state index >= 15 is 0 Å². The first-order valence-corrected chi connectivity index (χ1v) is 7.06. The Labute approximate surface area is 112 Å². The van der Waals surface area contributed by atoms with Crippen LogP contribution in [0.1, 0.15) is 0 Å². The maximum Gasteiger partial charge on any atom is 0.243 e. The second-order valence-electron chi connectivity index (χ2n) is 3.76. The summed E-state index contributed by atoms with van der Waals surface area (Å²) < 4.78 is 30.5. The molecule has 19 heavy (non-hydrogen) atoms. The lowest BCUT2D eigenvalue weighted by atomic mass is 10.3. The minimum atomic E-state index is -3.80. The van der Waals surface area contributed by atoms with Gasteiger partial charge in [0, 0.05) is 13.1 Å². The monoisotopic (exact) mass is 290 g/mol. The Morgan fingerprint density at radius 1 is 1.26 bits per heavy atom. The van der Waals surface area contributed by atoms with E-state index in [9.17, 15) is 8.42 Å². The maximum absolute atomic E-state index is 12.3. The van der Waals surface area contributed by atoms with Crippen LogP contribution >= 0.6 is 0 Å². The second kappa shape index (κ2) is 6.71. The Kier molecular flexibility index (Phi) is 5.55. The Morgan fingerprint density at radius 2 is 1.84 bits per heavy atom. The van der Waals surface area contributed by atoms with Crippen LogP contribution in [-0.2, 0) is 10.0 Å². The third-order valence-electron chi connectivity index (χ3n) is 2.54. The van der Waals surface area contributed by atoms with Gasteiger partial charge in [0.25, 0.3) is 0 Å². The summed E-state index contributed by atoms with van der Waals surface area (Å²) in [6, 6.07) is 4.11. The minimum Gasteiger partial charge on any atom is -0.495 e. The van der Waals surface area contributed by atoms with E-state index in [1.807, 2.05) is 0 Å². The van der Waals surface area contributed by atoms with Crippen molar-refractivity contribution in [2.75, 3.05) is 39.1 Å². The zero-order valence-corrected chi connectivity index (χ0v) is 11.4. The molecule has 0 radical (unpaired) electrons. The zero-order valence-electron chi connectivity index (χ0n) is 10.6. The predicted molar refractivity (Wildman–Crippen MR) is 70.3 cm³/mol. The highest BCUT2D eigenvalue weighted by Gasteiger charge is 2.24. The minimum absolute atomic E-state index is 0.00676. The third kappa shape index (κ3) is 3.57. The van der Waals surface area contributed by atoms with Crippen LogP contribution < -0.4 is 10.5 Å². The average molecular weight is 290 g/mol. The van der Waals surface area contributed by atoms with Crippen LogP contribution in [0.5, 0.6) is 5.75 Å². The van der Waals surface area contributed by atoms with Gasteiger partial charge in [0.1, 0.15) is 5.75 Å². The van der Waals surface area contributed by atoms with E-state index in [-0.39, 0.29) is 36.9 Å². The van der Waals surface area contributed by atoms with Crippen LogP contribution in [0.2, 0.25) is 0 Å². The molecule has 0 atom stereocenters. The molecule has 0 spiro atoms. The van der Waals surface area contributed by atoms with Crippen LogP contribution in [-0.4, -0.2) is 56.3 Å². The number of nitrogens with two attached hydrogens (primary N) is 1. The number of hydrogen-bond acceptors (Lipinski definition) is 6. The number of hydrogen-bond donors (Lipinski definition) is 3. The number of nitrogen functional groups attached to an aromatic ring is 1. The average Bonchev–Trinajstić information content (AvgIpc) is 2.38. The van der Waals surface area contributed by atoms with Crippen molar-refractivity contribution in [3.8, 4) is 5.75 Å². The van der Waals surface area contributed by atoms with Crippen LogP contribution in [0, 0.1) is 0 Å². The van der Waals surface area contributed by atoms with E-state index < -0.39 is 10.0 Å². The Balaban J connectivity index is 3.14. The highest BCUT2D eigenvalue weighted by atomic mass is 32.2. The maximum atomic E-state index is 12.3. The molecule has 4 N–H and O–H groups in total. The third-order valence-corrected chi connectivity index (χ3v) is 4.43. The summed E-state index contributed by atoms with van der Waals surface area (Å²) in [6.07, 6.45) is 0. The number of aliphatic hydroxyl groups is 2. The van der Waals surface area contributed by atoms with E-state index in [1.165, 1.54) is 25.3 Å². The van der Waals surface area contributed by atoms with Crippen LogP contribution in [0.25, 0.3) is 0 Å². The first-order valence-electron chi connectivity index (χ1n) is 5.62. The van der Waals surface area contributed by atoms with E-state index in [0.717, 1.165) is 4.31 Å². The largest absolute Gasteiger partial charge is 0.495 e. The molecule has 0 amide bonds. The number of sulfonamides is 1. The van der Waals surface area contributed by atoms with E-state index in [2.05, 4.69) is 0 Å². The van der Waals surface area contributed by atoms with Gasteiger partial charge < -0.3 is 20.7 Å². The summed E-state index contributed by atoms with van der Waals surface area (Å²) in [5.41, 5.74) is 5.88. The van der Waals surface area contributed by atoms with Gasteiger partial charge in [-0.05, 0) is 18.2 Å². The van der Waals surface area contributed by atoms with Gasteiger partial charge >= 0.3 is 0 Å². The summed E-state index contributed by atoms with van der Waals surface area (Å²) in [5, 5.41) is 17.8. The molecule has 0 unspecified atom stereocenters. The topological polar surface area (TPSA) is 113 Å². The van der Waals surface area contributed by atoms with Gasteiger partial charge in [0.2, 0.25) is 10.0 Å². The quantitative estimate of drug-likeness (QED) is 0.570. The van der Waals surface area contributed by atoms with Crippen molar-refractivity contribution in [3.63, 3.8) is 0 Å². The molecule has 1 rings (SSSR count). The van der Waals surface area contributed by atoms with Gasteiger partial charge in [-0.2, -0.15) is 4.31 Å². The molecule has 7 nitrogen and oxygen atoms in total. The molecule has 1 aromatic rings. The Bertz CT molecular complexity index is 512. The van der Waals surface area contributed by atoms with Gasteiger partial charge in [-0.15, -0.1) is 0 Å². The normalized spacial score (nSPS) is 11.8. The first kappa shape index (κ1) is 15.7. The number of nitrogens with zero attached hydrogens (tertiary/aromatic N) is 1. The van der Waals surface area contributed by atoms with Gasteiger partial charge in [-0.25, -0.2) is 8.42 Å². The molecule has 0 aliphatic carbocycles. The van der Waals surface area contributed by atoms with Crippen molar-refractivity contribution >= 4 is 15.7 Å². The molecule has 0 aliphatic rings. The summed E-state index contributed by atoms with van der Waals surface area (Å²) >= 11 is 0. The predicted octanol–water partition coefficient (Wildman–Crippen LogP) is -0.747. The molecule has 8 heteroatoms. The van der Waals surface area contributed by atoms with Crippen LogP contribution in [0.15, 0.2) is 23.1 Å². The summed E-state index contributed by atoms with van der Waals surface area (Å²) in [5.74, 6) is 0.384. The van der Waals surface area contributed by atoms with Crippen molar-refractivity contribution in [2.24, 2.45) is 0 Å². The van der Waals surface area contributed by atoms with Crippen LogP contribution in [0.3, 0.4) is 0 Å². The zero-order chi connectivity index (χ0) is 14.5. The molecule has 0 aliphatic heterocycles. The first-order chi connectivity index (χ1) is 8.97. The molecule has 1 aromatic carbocycles. The van der Waals surface area contributed by atoms with E-state index in [1.54, 1.807) is 0 Å². The molecule has 0 fully saturated rings. The molecular weight excluding hydrogens is 272 g/mol. The number of methoxy groups -OCH3 is 1. The fourth-order valence-electron chi connectivity index (χ4n) is 1.60. The molecule has 0 heterocycles. The standard InChI is InChI=1S/C11H18N2O5S/c1-18-11-3-2-9(8-10(11)12)19(16,17)13(4-6-14)5-7-15/h2-3,8,14-15H,4-7,12H2,1H3. The molecule has 0 saturated heterocycles. The molecule has 0 bridgehead atoms. The van der Waals surface area contributed by atoms with Crippen molar-refractivity contribution in [2.45, 2.75) is 4.90 Å². The number of anilines is 1. The lowest BCUT2D eigenvalue weighted by Crippen LogP contribution is -2.35. The summed E-state index contributed by atoms with van der Waals surface area (Å²) in [7, 11) is -2.36. The van der Waals surface area contributed by atoms with E-state index in [0.29, 0.717) is 5.75 Å². The van der Waals surface area contributed by atoms with E-state index in [4.69, 9.17) is 20.7 Å². The SMILES string of the molecule is COc1ccc(S(=O)(=O)N(CCO)CCO)cc1N. The van der Waals surface area contributed by atoms with Crippen LogP contribution in [0.4, 0.5) is 5.69 Å². The van der Waals surface area contributed by atoms with Crippen molar-refractivity contribution in [1.82, 2.24) is 4.31 Å². The smallest absolute Gasteiger partial charge is 0.243 e. The van der Waals surface area contributed by atoms with Gasteiger partial charge in [-0.3, -0.25) is 0 Å². The molecule has 0 aromatic heterocycles. The Hall–Kier alpha value is -1.35. The second-order valence-corrected chi connectivity index (χ2v) is 5.69. The lowest BCUT2D eigenvalue weighted by molar-refractivity contribution is 0.217. The highest BCUT2D eigenvalue weighted by molar-refractivity contribution is 7.89. The fourth-order valence-corrected chi connectivity index (χ4v) is 3.06. The number of ether oxygens (including phenoxy) is 1. The summed E-state index contributed by atoms with van der Waals surface area (Å²) in [4.78, 5) is -0.00676. The fraction of sp³-hybridized carbons (Fsp3) is 0.455. The van der Waals surface area contributed by atoms with Gasteiger partial charge in [0.05, 0.1) is 30.9 Å². The lowest BCUT2D eigenvalue weighted by Gasteiger charge is -2.20.